The highest BCUT2D eigenvalue weighted by Crippen LogP contribution is 2.21. The smallest absolute Gasteiger partial charge is 0.264 e. The Morgan fingerprint density at radius 1 is 1.30 bits per heavy atom. The van der Waals surface area contributed by atoms with Gasteiger partial charge in [0.2, 0.25) is 5.91 Å². The third kappa shape index (κ3) is 3.72. The summed E-state index contributed by atoms with van der Waals surface area (Å²) in [5.41, 5.74) is 3.02. The number of hydrazone groups is 1. The van der Waals surface area contributed by atoms with Gasteiger partial charge >= 0.3 is 0 Å². The minimum atomic E-state index is -0.375. The number of aromatic nitrogens is 2. The van der Waals surface area contributed by atoms with Gasteiger partial charge in [0.05, 0.1) is 22.7 Å². The summed E-state index contributed by atoms with van der Waals surface area (Å²) < 4.78 is 0. The highest BCUT2D eigenvalue weighted by molar-refractivity contribution is 6.38. The normalized spacial score (nSPS) is 10.9. The molecule has 104 valence electrons. The summed E-state index contributed by atoms with van der Waals surface area (Å²) in [6, 6.07) is 6.35. The second-order valence-corrected chi connectivity index (χ2v) is 4.70. The molecule has 2 rings (SSSR count). The van der Waals surface area contributed by atoms with Crippen LogP contribution in [-0.2, 0) is 11.2 Å². The standard InChI is InChI=1S/C12H10Cl2N4O2/c13-9-2-1-3-10(14)8(9)6-15-17-11(19)4-7-5-12(20)18-16-7/h1-3,5-6H,4H2,(H,17,19)(H2,16,18,20)/b15-6+. The molecule has 0 aliphatic carbocycles. The average molecular weight is 313 g/mol. The number of nitrogens with one attached hydrogen (secondary N) is 3. The van der Waals surface area contributed by atoms with E-state index in [0.717, 1.165) is 0 Å². The quantitative estimate of drug-likeness (QED) is 0.592. The lowest BCUT2D eigenvalue weighted by atomic mass is 10.2. The molecule has 8 heteroatoms. The number of carbonyl (C=O) groups is 1. The Balaban J connectivity index is 1.96. The molecule has 3 N–H and O–H groups in total. The van der Waals surface area contributed by atoms with Gasteiger partial charge in [-0.3, -0.25) is 14.7 Å². The van der Waals surface area contributed by atoms with E-state index >= 15 is 0 Å². The van der Waals surface area contributed by atoms with Gasteiger partial charge < -0.3 is 5.10 Å². The van der Waals surface area contributed by atoms with Gasteiger partial charge in [-0.05, 0) is 12.1 Å². The van der Waals surface area contributed by atoms with Crippen LogP contribution in [0.1, 0.15) is 11.3 Å². The molecule has 0 fully saturated rings. The molecular weight excluding hydrogens is 303 g/mol. The summed E-state index contributed by atoms with van der Waals surface area (Å²) in [7, 11) is 0. The minimum Gasteiger partial charge on any atom is -0.302 e. The minimum absolute atomic E-state index is 0.00628. The van der Waals surface area contributed by atoms with Gasteiger partial charge in [0.25, 0.3) is 5.56 Å². The van der Waals surface area contributed by atoms with Crippen molar-refractivity contribution in [3.05, 3.63) is 55.9 Å². The van der Waals surface area contributed by atoms with E-state index in [2.05, 4.69) is 20.7 Å². The zero-order valence-corrected chi connectivity index (χ0v) is 11.6. The lowest BCUT2D eigenvalue weighted by Gasteiger charge is -2.01. The first-order valence-electron chi connectivity index (χ1n) is 5.59. The SMILES string of the molecule is O=C(Cc1cc(=O)[nH][nH]1)N/N=C/c1c(Cl)cccc1Cl. The summed E-state index contributed by atoms with van der Waals surface area (Å²) in [6.07, 6.45) is 1.37. The Hall–Kier alpha value is -2.05. The molecule has 2 aromatic rings. The summed E-state index contributed by atoms with van der Waals surface area (Å²) in [5.74, 6) is -0.375. The Bertz CT molecular complexity index is 685. The van der Waals surface area contributed by atoms with Crippen molar-refractivity contribution in [3.63, 3.8) is 0 Å². The van der Waals surface area contributed by atoms with Crippen LogP contribution >= 0.6 is 23.2 Å². The number of nitrogens with zero attached hydrogens (tertiary/aromatic N) is 1. The van der Waals surface area contributed by atoms with Gasteiger partial charge in [0.15, 0.2) is 0 Å². The molecule has 6 nitrogen and oxygen atoms in total. The molecule has 0 saturated heterocycles. The molecule has 0 aliphatic heterocycles. The number of carbonyl (C=O) groups excluding carboxylic acids is 1. The fraction of sp³-hybridized carbons (Fsp3) is 0.0833. The molecule has 0 unspecified atom stereocenters. The number of aromatic amines is 2. The van der Waals surface area contributed by atoms with E-state index in [-0.39, 0.29) is 17.9 Å². The van der Waals surface area contributed by atoms with Crippen molar-refractivity contribution in [1.29, 1.82) is 0 Å². The first-order chi connectivity index (χ1) is 9.56. The fourth-order valence-corrected chi connectivity index (χ4v) is 1.98. The van der Waals surface area contributed by atoms with Crippen LogP contribution < -0.4 is 11.0 Å². The molecule has 1 aromatic carbocycles. The molecule has 0 spiro atoms. The van der Waals surface area contributed by atoms with Crippen LogP contribution in [0.15, 0.2) is 34.2 Å². The van der Waals surface area contributed by atoms with Crippen molar-refractivity contribution in [2.75, 3.05) is 0 Å². The van der Waals surface area contributed by atoms with E-state index < -0.39 is 0 Å². The number of rotatable bonds is 4. The van der Waals surface area contributed by atoms with Crippen molar-refractivity contribution in [2.45, 2.75) is 6.42 Å². The van der Waals surface area contributed by atoms with E-state index in [1.165, 1.54) is 12.3 Å². The molecule has 1 aromatic heterocycles. The lowest BCUT2D eigenvalue weighted by molar-refractivity contribution is -0.120. The van der Waals surface area contributed by atoms with Crippen molar-refractivity contribution in [3.8, 4) is 0 Å². The zero-order chi connectivity index (χ0) is 14.5. The average Bonchev–Trinajstić information content (AvgIpc) is 2.78. The number of hydrogen-bond donors (Lipinski definition) is 3. The van der Waals surface area contributed by atoms with Crippen LogP contribution in [0.3, 0.4) is 0 Å². The summed E-state index contributed by atoms with van der Waals surface area (Å²) in [5, 5.41) is 9.55. The third-order valence-electron chi connectivity index (χ3n) is 2.39. The molecular formula is C12H10Cl2N4O2. The Kier molecular flexibility index (Phi) is 4.60. The highest BCUT2D eigenvalue weighted by atomic mass is 35.5. The summed E-state index contributed by atoms with van der Waals surface area (Å²) in [6.45, 7) is 0. The van der Waals surface area contributed by atoms with Gasteiger partial charge in [0, 0.05) is 17.3 Å². The molecule has 1 amide bonds. The highest BCUT2D eigenvalue weighted by Gasteiger charge is 2.05. The molecule has 0 atom stereocenters. The van der Waals surface area contributed by atoms with Crippen molar-refractivity contribution < 1.29 is 4.79 Å². The van der Waals surface area contributed by atoms with Crippen molar-refractivity contribution >= 4 is 35.3 Å². The number of amides is 1. The van der Waals surface area contributed by atoms with Crippen LogP contribution in [0.2, 0.25) is 10.0 Å². The van der Waals surface area contributed by atoms with Crippen LogP contribution in [0, 0.1) is 0 Å². The van der Waals surface area contributed by atoms with Crippen LogP contribution in [0.4, 0.5) is 0 Å². The molecule has 0 aliphatic rings. The first kappa shape index (κ1) is 14.4. The Labute approximate surface area is 123 Å². The largest absolute Gasteiger partial charge is 0.302 e. The molecule has 0 saturated carbocycles. The van der Waals surface area contributed by atoms with Gasteiger partial charge in [-0.25, -0.2) is 5.43 Å². The van der Waals surface area contributed by atoms with E-state index in [9.17, 15) is 9.59 Å². The first-order valence-corrected chi connectivity index (χ1v) is 6.34. The molecule has 1 heterocycles. The number of hydrogen-bond acceptors (Lipinski definition) is 3. The number of H-pyrrole nitrogens is 2. The van der Waals surface area contributed by atoms with Crippen LogP contribution in [-0.4, -0.2) is 22.3 Å². The maximum atomic E-state index is 11.6. The van der Waals surface area contributed by atoms with Gasteiger partial charge in [-0.15, -0.1) is 0 Å². The number of halogens is 2. The number of benzene rings is 1. The molecule has 0 radical (unpaired) electrons. The van der Waals surface area contributed by atoms with E-state index in [1.54, 1.807) is 18.2 Å². The lowest BCUT2D eigenvalue weighted by Crippen LogP contribution is -2.20. The van der Waals surface area contributed by atoms with Crippen LogP contribution in [0.5, 0.6) is 0 Å². The Morgan fingerprint density at radius 2 is 2.00 bits per heavy atom. The summed E-state index contributed by atoms with van der Waals surface area (Å²) in [4.78, 5) is 22.4. The Morgan fingerprint density at radius 3 is 2.60 bits per heavy atom. The second kappa shape index (κ2) is 6.40. The fourth-order valence-electron chi connectivity index (χ4n) is 1.48. The predicted molar refractivity (Wildman–Crippen MR) is 77.3 cm³/mol. The summed E-state index contributed by atoms with van der Waals surface area (Å²) >= 11 is 11.9. The van der Waals surface area contributed by atoms with Crippen LogP contribution in [0.25, 0.3) is 0 Å². The van der Waals surface area contributed by atoms with E-state index in [4.69, 9.17) is 23.2 Å². The van der Waals surface area contributed by atoms with Gasteiger partial charge in [-0.2, -0.15) is 5.10 Å². The zero-order valence-electron chi connectivity index (χ0n) is 10.1. The topological polar surface area (TPSA) is 90.1 Å². The van der Waals surface area contributed by atoms with Crippen molar-refractivity contribution in [1.82, 2.24) is 15.6 Å². The molecule has 0 bridgehead atoms. The van der Waals surface area contributed by atoms with E-state index in [1.807, 2.05) is 0 Å². The van der Waals surface area contributed by atoms with Gasteiger partial charge in [-0.1, -0.05) is 29.3 Å². The van der Waals surface area contributed by atoms with E-state index in [0.29, 0.717) is 21.3 Å². The second-order valence-electron chi connectivity index (χ2n) is 3.89. The maximum absolute atomic E-state index is 11.6. The predicted octanol–water partition coefficient (Wildman–Crippen LogP) is 1.70. The third-order valence-corrected chi connectivity index (χ3v) is 3.04. The van der Waals surface area contributed by atoms with Crippen molar-refractivity contribution in [2.24, 2.45) is 5.10 Å². The molecule has 20 heavy (non-hydrogen) atoms. The monoisotopic (exact) mass is 312 g/mol. The van der Waals surface area contributed by atoms with Gasteiger partial charge in [0.1, 0.15) is 0 Å². The maximum Gasteiger partial charge on any atom is 0.264 e.